The molecular formula is C15H17NO3. The lowest BCUT2D eigenvalue weighted by Crippen LogP contribution is -2.18. The zero-order valence-corrected chi connectivity index (χ0v) is 10.9. The molecule has 0 amide bonds. The van der Waals surface area contributed by atoms with Gasteiger partial charge in [-0.05, 0) is 24.0 Å². The molecule has 4 nitrogen and oxygen atoms in total. The van der Waals surface area contributed by atoms with Gasteiger partial charge in [-0.2, -0.15) is 0 Å². The van der Waals surface area contributed by atoms with Crippen LogP contribution in [0.3, 0.4) is 0 Å². The highest BCUT2D eigenvalue weighted by atomic mass is 16.5. The fraction of sp³-hybridized carbons (Fsp3) is 0.400. The number of fused-ring (bicyclic) bond motifs is 3. The van der Waals surface area contributed by atoms with E-state index < -0.39 is 5.97 Å². The van der Waals surface area contributed by atoms with Gasteiger partial charge in [-0.15, -0.1) is 0 Å². The smallest absolute Gasteiger partial charge is 0.306 e. The minimum absolute atomic E-state index is 0.0152. The zero-order chi connectivity index (χ0) is 13.4. The lowest BCUT2D eigenvalue weighted by atomic mass is 9.99. The Morgan fingerprint density at radius 3 is 3.11 bits per heavy atom. The molecule has 0 saturated heterocycles. The van der Waals surface area contributed by atoms with E-state index in [0.717, 1.165) is 24.1 Å². The molecule has 0 saturated carbocycles. The topological polar surface area (TPSA) is 62.3 Å². The highest BCUT2D eigenvalue weighted by molar-refractivity contribution is 5.88. The molecule has 2 aromatic rings. The number of benzene rings is 1. The summed E-state index contributed by atoms with van der Waals surface area (Å²) in [6.45, 7) is 2.72. The number of aromatic nitrogens is 1. The average molecular weight is 259 g/mol. The predicted octanol–water partition coefficient (Wildman–Crippen LogP) is 2.82. The SMILES string of the molecule is CCc1cccc2c3c([nH]c12)C(CC(=O)O)OCC3. The van der Waals surface area contributed by atoms with E-state index in [1.807, 2.05) is 0 Å². The maximum Gasteiger partial charge on any atom is 0.306 e. The first-order chi connectivity index (χ1) is 9.20. The number of rotatable bonds is 3. The monoisotopic (exact) mass is 259 g/mol. The van der Waals surface area contributed by atoms with E-state index in [0.29, 0.717) is 6.61 Å². The minimum Gasteiger partial charge on any atom is -0.481 e. The van der Waals surface area contributed by atoms with Crippen LogP contribution in [0.25, 0.3) is 10.9 Å². The standard InChI is InChI=1S/C15H17NO3/c1-2-9-4-3-5-10-11-6-7-19-12(8-13(17)18)15(11)16-14(9)10/h3-5,12,16H,2,6-8H2,1H3,(H,17,18). The van der Waals surface area contributed by atoms with Crippen molar-refractivity contribution in [1.29, 1.82) is 0 Å². The molecule has 0 fully saturated rings. The number of carboxylic acid groups (broad SMARTS) is 1. The van der Waals surface area contributed by atoms with Crippen LogP contribution in [0.15, 0.2) is 18.2 Å². The van der Waals surface area contributed by atoms with E-state index in [4.69, 9.17) is 9.84 Å². The lowest BCUT2D eigenvalue weighted by Gasteiger charge is -2.21. The Kier molecular flexibility index (Phi) is 3.03. The van der Waals surface area contributed by atoms with Crippen LogP contribution in [0.1, 0.15) is 36.3 Å². The summed E-state index contributed by atoms with van der Waals surface area (Å²) in [5.74, 6) is -0.827. The second kappa shape index (κ2) is 4.70. The van der Waals surface area contributed by atoms with Gasteiger partial charge in [-0.1, -0.05) is 25.1 Å². The third kappa shape index (κ3) is 2.02. The van der Waals surface area contributed by atoms with Crippen LogP contribution in [0.2, 0.25) is 0 Å². The highest BCUT2D eigenvalue weighted by Crippen LogP contribution is 2.35. The summed E-state index contributed by atoms with van der Waals surface area (Å²) in [4.78, 5) is 14.3. The summed E-state index contributed by atoms with van der Waals surface area (Å²) in [7, 11) is 0. The van der Waals surface area contributed by atoms with Gasteiger partial charge in [0.25, 0.3) is 0 Å². The normalized spacial score (nSPS) is 18.5. The molecule has 1 aromatic carbocycles. The summed E-state index contributed by atoms with van der Waals surface area (Å²) in [6, 6.07) is 6.28. The molecule has 2 heterocycles. The van der Waals surface area contributed by atoms with Crippen molar-refractivity contribution in [3.8, 4) is 0 Å². The Hall–Kier alpha value is -1.81. The van der Waals surface area contributed by atoms with Crippen LogP contribution >= 0.6 is 0 Å². The summed E-state index contributed by atoms with van der Waals surface area (Å²) < 4.78 is 5.61. The second-order valence-corrected chi connectivity index (χ2v) is 4.92. The lowest BCUT2D eigenvalue weighted by molar-refractivity contribution is -0.140. The Morgan fingerprint density at radius 1 is 1.53 bits per heavy atom. The van der Waals surface area contributed by atoms with Crippen LogP contribution in [-0.2, 0) is 22.4 Å². The van der Waals surface area contributed by atoms with Crippen LogP contribution in [0, 0.1) is 0 Å². The molecule has 100 valence electrons. The van der Waals surface area contributed by atoms with Crippen molar-refractivity contribution in [2.24, 2.45) is 0 Å². The van der Waals surface area contributed by atoms with Crippen LogP contribution in [0.5, 0.6) is 0 Å². The van der Waals surface area contributed by atoms with Gasteiger partial charge in [0, 0.05) is 16.6 Å². The van der Waals surface area contributed by atoms with E-state index in [9.17, 15) is 4.79 Å². The Morgan fingerprint density at radius 2 is 2.37 bits per heavy atom. The Balaban J connectivity index is 2.14. The number of ether oxygens (including phenoxy) is 1. The molecule has 0 radical (unpaired) electrons. The molecule has 1 aliphatic heterocycles. The van der Waals surface area contributed by atoms with Crippen molar-refractivity contribution in [1.82, 2.24) is 4.98 Å². The van der Waals surface area contributed by atoms with E-state index >= 15 is 0 Å². The Labute approximate surface area is 111 Å². The number of carbonyl (C=O) groups is 1. The predicted molar refractivity (Wildman–Crippen MR) is 72.3 cm³/mol. The number of carboxylic acids is 1. The number of aromatic amines is 1. The van der Waals surface area contributed by atoms with Gasteiger partial charge in [0.2, 0.25) is 0 Å². The molecule has 1 unspecified atom stereocenters. The molecule has 0 bridgehead atoms. The van der Waals surface area contributed by atoms with Crippen molar-refractivity contribution < 1.29 is 14.6 Å². The molecule has 2 N–H and O–H groups in total. The Bertz CT molecular complexity index is 630. The average Bonchev–Trinajstić information content (AvgIpc) is 2.78. The number of aryl methyl sites for hydroxylation is 1. The quantitative estimate of drug-likeness (QED) is 0.891. The van der Waals surface area contributed by atoms with Crippen molar-refractivity contribution in [3.63, 3.8) is 0 Å². The van der Waals surface area contributed by atoms with Crippen LogP contribution in [-0.4, -0.2) is 22.7 Å². The third-order valence-electron chi connectivity index (χ3n) is 3.79. The highest BCUT2D eigenvalue weighted by Gasteiger charge is 2.27. The molecule has 19 heavy (non-hydrogen) atoms. The van der Waals surface area contributed by atoms with Crippen molar-refractivity contribution in [2.45, 2.75) is 32.3 Å². The van der Waals surface area contributed by atoms with Crippen molar-refractivity contribution in [3.05, 3.63) is 35.0 Å². The summed E-state index contributed by atoms with van der Waals surface area (Å²) >= 11 is 0. The van der Waals surface area contributed by atoms with Gasteiger partial charge in [0.15, 0.2) is 0 Å². The third-order valence-corrected chi connectivity index (χ3v) is 3.79. The first kappa shape index (κ1) is 12.2. The van der Waals surface area contributed by atoms with Crippen LogP contribution in [0.4, 0.5) is 0 Å². The molecular weight excluding hydrogens is 242 g/mol. The first-order valence-corrected chi connectivity index (χ1v) is 6.66. The number of hydrogen-bond donors (Lipinski definition) is 2. The minimum atomic E-state index is -0.827. The summed E-state index contributed by atoms with van der Waals surface area (Å²) in [6.07, 6.45) is 1.47. The van der Waals surface area contributed by atoms with Gasteiger partial charge in [0.05, 0.1) is 13.0 Å². The van der Waals surface area contributed by atoms with E-state index in [1.54, 1.807) is 0 Å². The number of aliphatic carboxylic acids is 1. The van der Waals surface area contributed by atoms with Crippen LogP contribution < -0.4 is 0 Å². The molecule has 0 aliphatic carbocycles. The molecule has 1 aromatic heterocycles. The van der Waals surface area contributed by atoms with E-state index in [1.165, 1.54) is 16.5 Å². The molecule has 1 aliphatic rings. The molecule has 0 spiro atoms. The zero-order valence-electron chi connectivity index (χ0n) is 10.9. The van der Waals surface area contributed by atoms with E-state index in [-0.39, 0.29) is 12.5 Å². The van der Waals surface area contributed by atoms with Gasteiger partial charge >= 0.3 is 5.97 Å². The number of nitrogens with one attached hydrogen (secondary N) is 1. The van der Waals surface area contributed by atoms with E-state index in [2.05, 4.69) is 30.1 Å². The maximum absolute atomic E-state index is 10.9. The number of hydrogen-bond acceptors (Lipinski definition) is 2. The van der Waals surface area contributed by atoms with Gasteiger partial charge < -0.3 is 14.8 Å². The van der Waals surface area contributed by atoms with Gasteiger partial charge in [0.1, 0.15) is 6.10 Å². The number of H-pyrrole nitrogens is 1. The van der Waals surface area contributed by atoms with Gasteiger partial charge in [-0.25, -0.2) is 0 Å². The molecule has 4 heteroatoms. The fourth-order valence-electron chi connectivity index (χ4n) is 2.90. The number of para-hydroxylation sites is 1. The first-order valence-electron chi connectivity index (χ1n) is 6.66. The largest absolute Gasteiger partial charge is 0.481 e. The second-order valence-electron chi connectivity index (χ2n) is 4.92. The molecule has 3 rings (SSSR count). The van der Waals surface area contributed by atoms with Gasteiger partial charge in [-0.3, -0.25) is 4.79 Å². The summed E-state index contributed by atoms with van der Waals surface area (Å²) in [5, 5.41) is 10.2. The molecule has 1 atom stereocenters. The maximum atomic E-state index is 10.9. The fourth-order valence-corrected chi connectivity index (χ4v) is 2.90. The van der Waals surface area contributed by atoms with Crippen molar-refractivity contribution in [2.75, 3.05) is 6.61 Å². The summed E-state index contributed by atoms with van der Waals surface area (Å²) in [5.41, 5.74) is 4.57. The van der Waals surface area contributed by atoms with Crippen molar-refractivity contribution >= 4 is 16.9 Å².